The Labute approximate surface area is 85.0 Å². The first-order valence-corrected chi connectivity index (χ1v) is 4.91. The molecule has 1 rings (SSSR count). The third-order valence-corrected chi connectivity index (χ3v) is 1.36. The SMILES string of the molecule is CC.CCc1ncc(OCCO)cn1. The van der Waals surface area contributed by atoms with Gasteiger partial charge in [0.1, 0.15) is 12.4 Å². The maximum atomic E-state index is 8.46. The van der Waals surface area contributed by atoms with E-state index in [0.29, 0.717) is 5.75 Å². The molecule has 0 spiro atoms. The zero-order valence-corrected chi connectivity index (χ0v) is 9.03. The van der Waals surface area contributed by atoms with Crippen molar-refractivity contribution in [2.45, 2.75) is 27.2 Å². The molecule has 0 aliphatic heterocycles. The molecule has 0 saturated carbocycles. The Morgan fingerprint density at radius 3 is 2.29 bits per heavy atom. The van der Waals surface area contributed by atoms with Crippen LogP contribution in [0.1, 0.15) is 26.6 Å². The van der Waals surface area contributed by atoms with E-state index in [9.17, 15) is 0 Å². The minimum Gasteiger partial charge on any atom is -0.488 e. The molecule has 1 N–H and O–H groups in total. The molecule has 0 aliphatic rings. The summed E-state index contributed by atoms with van der Waals surface area (Å²) < 4.78 is 5.08. The molecule has 14 heavy (non-hydrogen) atoms. The molecule has 80 valence electrons. The van der Waals surface area contributed by atoms with Gasteiger partial charge in [-0.1, -0.05) is 20.8 Å². The van der Waals surface area contributed by atoms with E-state index >= 15 is 0 Å². The van der Waals surface area contributed by atoms with E-state index in [2.05, 4.69) is 9.97 Å². The van der Waals surface area contributed by atoms with Crippen LogP contribution in [0.2, 0.25) is 0 Å². The molecule has 0 amide bonds. The summed E-state index contributed by atoms with van der Waals surface area (Å²) in [5.41, 5.74) is 0. The highest BCUT2D eigenvalue weighted by Gasteiger charge is 1.94. The van der Waals surface area contributed by atoms with E-state index in [0.717, 1.165) is 12.2 Å². The van der Waals surface area contributed by atoms with Crippen molar-refractivity contribution in [3.8, 4) is 5.75 Å². The fraction of sp³-hybridized carbons (Fsp3) is 0.600. The van der Waals surface area contributed by atoms with Gasteiger partial charge in [0.05, 0.1) is 19.0 Å². The van der Waals surface area contributed by atoms with Crippen LogP contribution in [0.25, 0.3) is 0 Å². The Morgan fingerprint density at radius 2 is 1.86 bits per heavy atom. The fourth-order valence-corrected chi connectivity index (χ4v) is 0.764. The smallest absolute Gasteiger partial charge is 0.156 e. The van der Waals surface area contributed by atoms with Gasteiger partial charge in [-0.25, -0.2) is 9.97 Å². The van der Waals surface area contributed by atoms with Gasteiger partial charge in [0.25, 0.3) is 0 Å². The van der Waals surface area contributed by atoms with Gasteiger partial charge < -0.3 is 9.84 Å². The molecular formula is C10H18N2O2. The molecule has 4 nitrogen and oxygen atoms in total. The predicted molar refractivity (Wildman–Crippen MR) is 55.3 cm³/mol. The van der Waals surface area contributed by atoms with Gasteiger partial charge in [-0.05, 0) is 0 Å². The van der Waals surface area contributed by atoms with Crippen molar-refractivity contribution >= 4 is 0 Å². The lowest BCUT2D eigenvalue weighted by Gasteiger charge is -2.02. The number of hydrogen-bond donors (Lipinski definition) is 1. The van der Waals surface area contributed by atoms with Gasteiger partial charge in [-0.3, -0.25) is 0 Å². The van der Waals surface area contributed by atoms with E-state index < -0.39 is 0 Å². The molecule has 0 unspecified atom stereocenters. The average molecular weight is 198 g/mol. The largest absolute Gasteiger partial charge is 0.488 e. The number of aryl methyl sites for hydroxylation is 1. The molecule has 1 heterocycles. The summed E-state index contributed by atoms with van der Waals surface area (Å²) in [6.07, 6.45) is 4.04. The first kappa shape index (κ1) is 12.8. The summed E-state index contributed by atoms with van der Waals surface area (Å²) in [4.78, 5) is 8.06. The van der Waals surface area contributed by atoms with E-state index in [1.807, 2.05) is 20.8 Å². The van der Waals surface area contributed by atoms with Crippen molar-refractivity contribution in [1.82, 2.24) is 9.97 Å². The fourth-order valence-electron chi connectivity index (χ4n) is 0.764. The molecule has 0 bridgehead atoms. The number of hydrogen-bond acceptors (Lipinski definition) is 4. The Bertz CT molecular complexity index is 224. The second kappa shape index (κ2) is 8.44. The molecule has 0 fully saturated rings. The molecule has 0 aromatic carbocycles. The number of ether oxygens (including phenoxy) is 1. The number of nitrogens with zero attached hydrogens (tertiary/aromatic N) is 2. The van der Waals surface area contributed by atoms with Crippen molar-refractivity contribution in [3.63, 3.8) is 0 Å². The van der Waals surface area contributed by atoms with Crippen molar-refractivity contribution in [2.24, 2.45) is 0 Å². The van der Waals surface area contributed by atoms with Crippen LogP contribution in [-0.2, 0) is 6.42 Å². The molecule has 1 aromatic heterocycles. The molecule has 0 atom stereocenters. The van der Waals surface area contributed by atoms with Gasteiger partial charge >= 0.3 is 0 Å². The van der Waals surface area contributed by atoms with E-state index in [4.69, 9.17) is 9.84 Å². The third kappa shape index (κ3) is 4.77. The minimum atomic E-state index is 0.00945. The van der Waals surface area contributed by atoms with Gasteiger partial charge in [0, 0.05) is 6.42 Å². The second-order valence-corrected chi connectivity index (χ2v) is 2.26. The van der Waals surface area contributed by atoms with E-state index in [-0.39, 0.29) is 13.2 Å². The molecule has 0 saturated heterocycles. The number of aromatic nitrogens is 2. The summed E-state index contributed by atoms with van der Waals surface area (Å²) in [7, 11) is 0. The Morgan fingerprint density at radius 1 is 1.29 bits per heavy atom. The van der Waals surface area contributed by atoms with Gasteiger partial charge in [0.15, 0.2) is 5.75 Å². The number of aliphatic hydroxyl groups excluding tert-OH is 1. The normalized spacial score (nSPS) is 8.86. The zero-order valence-electron chi connectivity index (χ0n) is 9.03. The third-order valence-electron chi connectivity index (χ3n) is 1.36. The first-order chi connectivity index (χ1) is 6.86. The lowest BCUT2D eigenvalue weighted by molar-refractivity contribution is 0.200. The van der Waals surface area contributed by atoms with Gasteiger partial charge in [-0.2, -0.15) is 0 Å². The quantitative estimate of drug-likeness (QED) is 0.795. The highest BCUT2D eigenvalue weighted by molar-refractivity contribution is 5.12. The molecule has 0 aliphatic carbocycles. The Hall–Kier alpha value is -1.16. The van der Waals surface area contributed by atoms with Crippen LogP contribution in [0.15, 0.2) is 12.4 Å². The minimum absolute atomic E-state index is 0.00945. The van der Waals surface area contributed by atoms with Crippen LogP contribution in [0.4, 0.5) is 0 Å². The number of aliphatic hydroxyl groups is 1. The molecule has 4 heteroatoms. The van der Waals surface area contributed by atoms with E-state index in [1.54, 1.807) is 12.4 Å². The summed E-state index contributed by atoms with van der Waals surface area (Å²) in [5.74, 6) is 1.40. The van der Waals surface area contributed by atoms with Crippen LogP contribution in [0.5, 0.6) is 5.75 Å². The highest BCUT2D eigenvalue weighted by atomic mass is 16.5. The summed E-state index contributed by atoms with van der Waals surface area (Å²) in [6.45, 7) is 6.29. The number of rotatable bonds is 4. The van der Waals surface area contributed by atoms with Gasteiger partial charge in [0.2, 0.25) is 0 Å². The summed E-state index contributed by atoms with van der Waals surface area (Å²) >= 11 is 0. The monoisotopic (exact) mass is 198 g/mol. The van der Waals surface area contributed by atoms with Crippen LogP contribution in [-0.4, -0.2) is 28.3 Å². The Balaban J connectivity index is 0.000000791. The first-order valence-electron chi connectivity index (χ1n) is 4.91. The van der Waals surface area contributed by atoms with Crippen LogP contribution >= 0.6 is 0 Å². The zero-order chi connectivity index (χ0) is 10.8. The topological polar surface area (TPSA) is 55.2 Å². The maximum Gasteiger partial charge on any atom is 0.156 e. The van der Waals surface area contributed by atoms with Crippen molar-refractivity contribution in [1.29, 1.82) is 0 Å². The second-order valence-electron chi connectivity index (χ2n) is 2.26. The van der Waals surface area contributed by atoms with Crippen molar-refractivity contribution in [3.05, 3.63) is 18.2 Å². The Kier molecular flexibility index (Phi) is 7.74. The van der Waals surface area contributed by atoms with Gasteiger partial charge in [-0.15, -0.1) is 0 Å². The molecule has 0 radical (unpaired) electrons. The van der Waals surface area contributed by atoms with Crippen LogP contribution < -0.4 is 4.74 Å². The van der Waals surface area contributed by atoms with Crippen LogP contribution in [0, 0.1) is 0 Å². The van der Waals surface area contributed by atoms with Crippen molar-refractivity contribution in [2.75, 3.05) is 13.2 Å². The lowest BCUT2D eigenvalue weighted by atomic mass is 10.4. The van der Waals surface area contributed by atoms with E-state index in [1.165, 1.54) is 0 Å². The standard InChI is InChI=1S/C8H12N2O2.C2H6/c1-2-8-9-5-7(6-10-8)12-4-3-11;1-2/h5-6,11H,2-4H2,1H3;1-2H3. The summed E-state index contributed by atoms with van der Waals surface area (Å²) in [5, 5.41) is 8.46. The predicted octanol–water partition coefficient (Wildman–Crippen LogP) is 1.44. The molecular weight excluding hydrogens is 180 g/mol. The molecule has 1 aromatic rings. The summed E-state index contributed by atoms with van der Waals surface area (Å²) in [6, 6.07) is 0. The van der Waals surface area contributed by atoms with Crippen molar-refractivity contribution < 1.29 is 9.84 Å². The highest BCUT2D eigenvalue weighted by Crippen LogP contribution is 2.05. The maximum absolute atomic E-state index is 8.46. The average Bonchev–Trinajstić information content (AvgIpc) is 2.30. The van der Waals surface area contributed by atoms with Crippen LogP contribution in [0.3, 0.4) is 0 Å². The lowest BCUT2D eigenvalue weighted by Crippen LogP contribution is -2.03.